The van der Waals surface area contributed by atoms with E-state index in [0.717, 1.165) is 15.6 Å². The minimum Gasteiger partial charge on any atom is -0.450 e. The molecule has 6 heteroatoms. The smallest absolute Gasteiger partial charge is 0.295 e. The third-order valence-corrected chi connectivity index (χ3v) is 6.04. The zero-order valence-electron chi connectivity index (χ0n) is 15.9. The fourth-order valence-corrected chi connectivity index (χ4v) is 4.47. The van der Waals surface area contributed by atoms with Gasteiger partial charge >= 0.3 is 0 Å². The molecule has 0 spiro atoms. The van der Waals surface area contributed by atoms with Gasteiger partial charge in [-0.3, -0.25) is 14.5 Å². The first-order valence-corrected chi connectivity index (χ1v) is 10.5. The maximum Gasteiger partial charge on any atom is 0.295 e. The third-order valence-electron chi connectivity index (χ3n) is 5.31. The molecule has 0 radical (unpaired) electrons. The van der Waals surface area contributed by atoms with Gasteiger partial charge in [0.2, 0.25) is 5.76 Å². The molecule has 4 nitrogen and oxygen atoms in total. The topological polar surface area (TPSA) is 50.5 Å². The fraction of sp³-hybridized carbons (Fsp3) is 0.0833. The number of anilines is 1. The Kier molecular flexibility index (Phi) is 4.53. The van der Waals surface area contributed by atoms with Crippen molar-refractivity contribution in [1.82, 2.24) is 0 Å². The second kappa shape index (κ2) is 7.11. The van der Waals surface area contributed by atoms with E-state index in [1.807, 2.05) is 43.3 Å². The first-order chi connectivity index (χ1) is 14.4. The van der Waals surface area contributed by atoms with Gasteiger partial charge in [0.1, 0.15) is 5.58 Å². The normalized spacial score (nSPS) is 15.6. The number of amides is 1. The quantitative estimate of drug-likeness (QED) is 0.340. The van der Waals surface area contributed by atoms with Gasteiger partial charge in [-0.1, -0.05) is 57.4 Å². The number of carbonyl (C=O) groups excluding carboxylic acids is 1. The fourth-order valence-electron chi connectivity index (χ4n) is 3.91. The summed E-state index contributed by atoms with van der Waals surface area (Å²) in [6.07, 6.45) is 0. The van der Waals surface area contributed by atoms with E-state index in [0.29, 0.717) is 27.2 Å². The molecular weight excluding hydrogens is 466 g/mol. The Balaban J connectivity index is 1.83. The lowest BCUT2D eigenvalue weighted by Gasteiger charge is -2.25. The molecule has 1 unspecified atom stereocenters. The highest BCUT2D eigenvalue weighted by Crippen LogP contribution is 2.41. The van der Waals surface area contributed by atoms with Gasteiger partial charge in [0.15, 0.2) is 5.43 Å². The Hall–Kier alpha value is -2.89. The highest BCUT2D eigenvalue weighted by atomic mass is 79.9. The molecule has 30 heavy (non-hydrogen) atoms. The predicted molar refractivity (Wildman–Crippen MR) is 121 cm³/mol. The number of fused-ring (bicyclic) bond motifs is 2. The number of hydrogen-bond donors (Lipinski definition) is 0. The van der Waals surface area contributed by atoms with Crippen LogP contribution in [0.25, 0.3) is 11.0 Å². The van der Waals surface area contributed by atoms with Crippen LogP contribution in [0, 0.1) is 6.92 Å². The summed E-state index contributed by atoms with van der Waals surface area (Å²) in [5.41, 5.74) is 3.00. The van der Waals surface area contributed by atoms with Crippen LogP contribution in [0.2, 0.25) is 5.02 Å². The molecule has 1 aromatic heterocycles. The maximum atomic E-state index is 13.5. The van der Waals surface area contributed by atoms with Crippen LogP contribution in [0.4, 0.5) is 5.69 Å². The third kappa shape index (κ3) is 2.97. The molecule has 2 heterocycles. The second-order valence-electron chi connectivity index (χ2n) is 7.28. The van der Waals surface area contributed by atoms with Gasteiger partial charge < -0.3 is 4.42 Å². The van der Waals surface area contributed by atoms with Crippen molar-refractivity contribution in [1.29, 1.82) is 0 Å². The van der Waals surface area contributed by atoms with Crippen LogP contribution >= 0.6 is 27.5 Å². The van der Waals surface area contributed by atoms with Crippen LogP contribution in [0.3, 0.4) is 0 Å². The minimum atomic E-state index is -0.631. The van der Waals surface area contributed by atoms with Crippen molar-refractivity contribution >= 4 is 50.1 Å². The van der Waals surface area contributed by atoms with E-state index in [1.54, 1.807) is 35.2 Å². The largest absolute Gasteiger partial charge is 0.450 e. The lowest BCUT2D eigenvalue weighted by molar-refractivity contribution is 0.0971. The van der Waals surface area contributed by atoms with Crippen molar-refractivity contribution in [3.05, 3.63) is 109 Å². The first kappa shape index (κ1) is 19.1. The predicted octanol–water partition coefficient (Wildman–Crippen LogP) is 6.27. The molecule has 3 aromatic carbocycles. The van der Waals surface area contributed by atoms with Crippen molar-refractivity contribution in [3.8, 4) is 0 Å². The van der Waals surface area contributed by atoms with Gasteiger partial charge in [-0.05, 0) is 55.0 Å². The number of aryl methyl sites for hydroxylation is 1. The number of nitrogens with zero attached hydrogens (tertiary/aromatic N) is 1. The molecule has 148 valence electrons. The Morgan fingerprint density at radius 3 is 2.50 bits per heavy atom. The van der Waals surface area contributed by atoms with Crippen LogP contribution in [-0.4, -0.2) is 5.91 Å². The average Bonchev–Trinajstić information content (AvgIpc) is 3.02. The Morgan fingerprint density at radius 2 is 1.77 bits per heavy atom. The van der Waals surface area contributed by atoms with Gasteiger partial charge in [0.25, 0.3) is 5.91 Å². The Labute approximate surface area is 185 Å². The van der Waals surface area contributed by atoms with Gasteiger partial charge in [0, 0.05) is 15.2 Å². The molecule has 0 aliphatic carbocycles. The molecule has 0 bridgehead atoms. The molecule has 0 saturated heterocycles. The lowest BCUT2D eigenvalue weighted by Crippen LogP contribution is -2.29. The van der Waals surface area contributed by atoms with Crippen molar-refractivity contribution < 1.29 is 9.21 Å². The SMILES string of the molecule is Cc1ccc(N2C(=O)c3oc4ccc(Br)cc4c(=O)c3C2c2cccc(Cl)c2)cc1. The number of hydrogen-bond acceptors (Lipinski definition) is 3. The summed E-state index contributed by atoms with van der Waals surface area (Å²) in [4.78, 5) is 28.6. The number of benzene rings is 3. The molecule has 1 atom stereocenters. The van der Waals surface area contributed by atoms with E-state index in [4.69, 9.17) is 16.0 Å². The highest BCUT2D eigenvalue weighted by Gasteiger charge is 2.43. The van der Waals surface area contributed by atoms with E-state index in [1.165, 1.54) is 0 Å². The Morgan fingerprint density at radius 1 is 1.00 bits per heavy atom. The van der Waals surface area contributed by atoms with Gasteiger partial charge in [-0.15, -0.1) is 0 Å². The molecular formula is C24H15BrClNO3. The summed E-state index contributed by atoms with van der Waals surface area (Å²) in [7, 11) is 0. The van der Waals surface area contributed by atoms with Crippen LogP contribution in [0.5, 0.6) is 0 Å². The average molecular weight is 481 g/mol. The summed E-state index contributed by atoms with van der Waals surface area (Å²) in [5, 5.41) is 0.957. The summed E-state index contributed by atoms with van der Waals surface area (Å²) in [6, 6.07) is 19.4. The number of rotatable bonds is 2. The Bertz CT molecular complexity index is 1380. The minimum absolute atomic E-state index is 0.0698. The molecule has 0 fully saturated rings. The summed E-state index contributed by atoms with van der Waals surface area (Å²) in [6.45, 7) is 1.98. The van der Waals surface area contributed by atoms with E-state index in [9.17, 15) is 9.59 Å². The second-order valence-corrected chi connectivity index (χ2v) is 8.63. The molecule has 0 N–H and O–H groups in total. The zero-order chi connectivity index (χ0) is 21.0. The molecule has 1 aliphatic rings. The van der Waals surface area contributed by atoms with Crippen LogP contribution in [-0.2, 0) is 0 Å². The summed E-state index contributed by atoms with van der Waals surface area (Å²) < 4.78 is 6.73. The van der Waals surface area contributed by atoms with E-state index >= 15 is 0 Å². The monoisotopic (exact) mass is 479 g/mol. The number of carbonyl (C=O) groups is 1. The van der Waals surface area contributed by atoms with Gasteiger partial charge in [-0.25, -0.2) is 0 Å². The van der Waals surface area contributed by atoms with Crippen LogP contribution in [0.1, 0.15) is 33.3 Å². The maximum absolute atomic E-state index is 13.5. The molecule has 1 amide bonds. The molecule has 1 aliphatic heterocycles. The molecule has 5 rings (SSSR count). The van der Waals surface area contributed by atoms with Crippen LogP contribution < -0.4 is 10.3 Å². The molecule has 4 aromatic rings. The van der Waals surface area contributed by atoms with Crippen molar-refractivity contribution in [3.63, 3.8) is 0 Å². The van der Waals surface area contributed by atoms with E-state index in [2.05, 4.69) is 15.9 Å². The first-order valence-electron chi connectivity index (χ1n) is 9.36. The summed E-state index contributed by atoms with van der Waals surface area (Å²) in [5.74, 6) is -0.277. The van der Waals surface area contributed by atoms with E-state index < -0.39 is 6.04 Å². The zero-order valence-corrected chi connectivity index (χ0v) is 18.2. The lowest BCUT2D eigenvalue weighted by atomic mass is 9.98. The van der Waals surface area contributed by atoms with Crippen molar-refractivity contribution in [2.75, 3.05) is 4.90 Å². The van der Waals surface area contributed by atoms with E-state index in [-0.39, 0.29) is 17.1 Å². The highest BCUT2D eigenvalue weighted by molar-refractivity contribution is 9.10. The van der Waals surface area contributed by atoms with Crippen molar-refractivity contribution in [2.24, 2.45) is 0 Å². The van der Waals surface area contributed by atoms with Gasteiger partial charge in [-0.2, -0.15) is 0 Å². The van der Waals surface area contributed by atoms with Crippen molar-refractivity contribution in [2.45, 2.75) is 13.0 Å². The van der Waals surface area contributed by atoms with Crippen LogP contribution in [0.15, 0.2) is 80.4 Å². The molecule has 0 saturated carbocycles. The standard InChI is InChI=1S/C24H15BrClNO3/c1-13-5-8-17(9-6-13)27-21(14-3-2-4-16(26)11-14)20-22(28)18-12-15(25)7-10-19(18)30-23(20)24(27)29/h2-12,21H,1H3. The van der Waals surface area contributed by atoms with Gasteiger partial charge in [0.05, 0.1) is 17.0 Å². The number of halogens is 2. The summed E-state index contributed by atoms with van der Waals surface area (Å²) >= 11 is 9.65.